The molecule has 1 aromatic rings. The number of carbonyl (C=O) groups is 1. The lowest BCUT2D eigenvalue weighted by atomic mass is 10.2. The van der Waals surface area contributed by atoms with E-state index >= 15 is 0 Å². The minimum Gasteiger partial charge on any atom is -0.376 e. The highest BCUT2D eigenvalue weighted by Crippen LogP contribution is 2.21. The number of hydrogen-bond acceptors (Lipinski definition) is 4. The molecule has 0 bridgehead atoms. The van der Waals surface area contributed by atoms with Crippen LogP contribution in [0.1, 0.15) is 18.4 Å². The summed E-state index contributed by atoms with van der Waals surface area (Å²) in [7, 11) is 1.96. The number of hydrogen-bond donors (Lipinski definition) is 1. The van der Waals surface area contributed by atoms with Gasteiger partial charge in [0.1, 0.15) is 0 Å². The monoisotopic (exact) mass is 346 g/mol. The molecule has 0 radical (unpaired) electrons. The predicted octanol–water partition coefficient (Wildman–Crippen LogP) is 2.24. The summed E-state index contributed by atoms with van der Waals surface area (Å²) in [6.45, 7) is 2.67. The number of likely N-dealkylation sites (N-methyl/N-ethyl adjacent to an activating group) is 1. The molecule has 19 heavy (non-hydrogen) atoms. The van der Waals surface area contributed by atoms with E-state index in [1.54, 1.807) is 11.3 Å². The van der Waals surface area contributed by atoms with Crippen LogP contribution in [0.4, 0.5) is 0 Å². The van der Waals surface area contributed by atoms with Gasteiger partial charge in [-0.15, -0.1) is 11.3 Å². The van der Waals surface area contributed by atoms with Gasteiger partial charge >= 0.3 is 0 Å². The molecule has 1 aromatic heterocycles. The van der Waals surface area contributed by atoms with Crippen LogP contribution in [0.15, 0.2) is 15.2 Å². The largest absolute Gasteiger partial charge is 0.376 e. The maximum atomic E-state index is 11.8. The first-order valence-corrected chi connectivity index (χ1v) is 8.10. The van der Waals surface area contributed by atoms with Gasteiger partial charge < -0.3 is 10.1 Å². The highest BCUT2D eigenvalue weighted by Gasteiger charge is 2.16. The summed E-state index contributed by atoms with van der Waals surface area (Å²) in [5, 5.41) is 5.04. The highest BCUT2D eigenvalue weighted by molar-refractivity contribution is 9.11. The molecule has 1 atom stereocenters. The summed E-state index contributed by atoms with van der Waals surface area (Å²) >= 11 is 5.11. The van der Waals surface area contributed by atoms with Gasteiger partial charge in [0, 0.05) is 19.7 Å². The lowest BCUT2D eigenvalue weighted by Crippen LogP contribution is -2.38. The van der Waals surface area contributed by atoms with Gasteiger partial charge in [-0.05, 0) is 52.8 Å². The van der Waals surface area contributed by atoms with Crippen molar-refractivity contribution in [3.05, 3.63) is 20.8 Å². The second-order valence-electron chi connectivity index (χ2n) is 4.87. The third kappa shape index (κ3) is 5.22. The Morgan fingerprint density at radius 3 is 3.16 bits per heavy atom. The zero-order chi connectivity index (χ0) is 13.7. The van der Waals surface area contributed by atoms with E-state index in [-0.39, 0.29) is 12.0 Å². The summed E-state index contributed by atoms with van der Waals surface area (Å²) in [6, 6.07) is 2.09. The van der Waals surface area contributed by atoms with E-state index in [1.807, 2.05) is 11.9 Å². The van der Waals surface area contributed by atoms with E-state index in [2.05, 4.69) is 32.7 Å². The smallest absolute Gasteiger partial charge is 0.234 e. The topological polar surface area (TPSA) is 41.6 Å². The summed E-state index contributed by atoms with van der Waals surface area (Å²) in [5.74, 6) is 0.0623. The number of nitrogens with one attached hydrogen (secondary N) is 1. The van der Waals surface area contributed by atoms with Gasteiger partial charge in [0.25, 0.3) is 0 Å². The van der Waals surface area contributed by atoms with Crippen molar-refractivity contribution in [3.8, 4) is 0 Å². The van der Waals surface area contributed by atoms with Gasteiger partial charge in [-0.1, -0.05) is 0 Å². The predicted molar refractivity (Wildman–Crippen MR) is 80.3 cm³/mol. The number of nitrogens with zero attached hydrogens (tertiary/aromatic N) is 1. The minimum absolute atomic E-state index is 0.0623. The van der Waals surface area contributed by atoms with Crippen LogP contribution < -0.4 is 5.32 Å². The summed E-state index contributed by atoms with van der Waals surface area (Å²) in [4.78, 5) is 13.8. The molecule has 1 unspecified atom stereocenters. The van der Waals surface area contributed by atoms with Crippen molar-refractivity contribution in [2.45, 2.75) is 25.5 Å². The van der Waals surface area contributed by atoms with E-state index < -0.39 is 0 Å². The molecule has 0 aromatic carbocycles. The Hall–Kier alpha value is -0.430. The van der Waals surface area contributed by atoms with Crippen molar-refractivity contribution in [1.29, 1.82) is 0 Å². The summed E-state index contributed by atoms with van der Waals surface area (Å²) in [5.41, 5.74) is 1.23. The molecule has 1 aliphatic heterocycles. The Morgan fingerprint density at radius 2 is 2.53 bits per heavy atom. The second-order valence-corrected chi connectivity index (χ2v) is 7.16. The lowest BCUT2D eigenvalue weighted by molar-refractivity contribution is -0.122. The average Bonchev–Trinajstić information content (AvgIpc) is 2.98. The number of thiophene rings is 1. The molecular weight excluding hydrogens is 328 g/mol. The quantitative estimate of drug-likeness (QED) is 0.858. The van der Waals surface area contributed by atoms with Crippen molar-refractivity contribution in [1.82, 2.24) is 10.2 Å². The zero-order valence-corrected chi connectivity index (χ0v) is 13.4. The average molecular weight is 347 g/mol. The van der Waals surface area contributed by atoms with Gasteiger partial charge in [0.15, 0.2) is 0 Å². The van der Waals surface area contributed by atoms with Crippen LogP contribution in [0.2, 0.25) is 0 Å². The van der Waals surface area contributed by atoms with Gasteiger partial charge in [0.2, 0.25) is 5.91 Å². The molecule has 1 amide bonds. The Kier molecular flexibility index (Phi) is 5.81. The molecule has 2 heterocycles. The Bertz CT molecular complexity index is 419. The van der Waals surface area contributed by atoms with Crippen LogP contribution in [0.5, 0.6) is 0 Å². The Balaban J connectivity index is 1.66. The van der Waals surface area contributed by atoms with Gasteiger partial charge in [-0.25, -0.2) is 0 Å². The molecule has 1 fully saturated rings. The normalized spacial score (nSPS) is 19.0. The fraction of sp³-hybridized carbons (Fsp3) is 0.615. The summed E-state index contributed by atoms with van der Waals surface area (Å²) < 4.78 is 6.60. The molecule has 1 saturated heterocycles. The third-order valence-corrected chi connectivity index (χ3v) is 4.59. The van der Waals surface area contributed by atoms with E-state index in [9.17, 15) is 4.79 Å². The Labute approximate surface area is 126 Å². The fourth-order valence-corrected chi connectivity index (χ4v) is 3.33. The maximum absolute atomic E-state index is 11.8. The molecule has 2 rings (SSSR count). The van der Waals surface area contributed by atoms with E-state index in [4.69, 9.17) is 4.74 Å². The van der Waals surface area contributed by atoms with Crippen molar-refractivity contribution in [2.24, 2.45) is 0 Å². The van der Waals surface area contributed by atoms with Gasteiger partial charge in [-0.3, -0.25) is 9.69 Å². The third-order valence-electron chi connectivity index (χ3n) is 3.04. The number of rotatable bonds is 6. The van der Waals surface area contributed by atoms with Crippen molar-refractivity contribution in [2.75, 3.05) is 26.7 Å². The first-order valence-electron chi connectivity index (χ1n) is 6.43. The van der Waals surface area contributed by atoms with E-state index in [0.717, 1.165) is 29.8 Å². The number of amides is 1. The van der Waals surface area contributed by atoms with E-state index in [0.29, 0.717) is 13.1 Å². The van der Waals surface area contributed by atoms with Crippen LogP contribution >= 0.6 is 27.3 Å². The van der Waals surface area contributed by atoms with Crippen LogP contribution in [-0.2, 0) is 16.1 Å². The molecule has 1 N–H and O–H groups in total. The Morgan fingerprint density at radius 1 is 1.68 bits per heavy atom. The molecular formula is C13H19BrN2O2S. The number of carbonyl (C=O) groups excluding carboxylic acids is 1. The highest BCUT2D eigenvalue weighted by atomic mass is 79.9. The molecule has 4 nitrogen and oxygen atoms in total. The molecule has 0 spiro atoms. The fourth-order valence-electron chi connectivity index (χ4n) is 2.13. The van der Waals surface area contributed by atoms with Gasteiger partial charge in [0.05, 0.1) is 16.4 Å². The first-order chi connectivity index (χ1) is 9.13. The van der Waals surface area contributed by atoms with Crippen molar-refractivity contribution in [3.63, 3.8) is 0 Å². The van der Waals surface area contributed by atoms with Crippen LogP contribution in [0.3, 0.4) is 0 Å². The molecule has 0 aliphatic carbocycles. The second kappa shape index (κ2) is 7.38. The number of halogens is 1. The molecule has 106 valence electrons. The van der Waals surface area contributed by atoms with Crippen LogP contribution in [-0.4, -0.2) is 43.7 Å². The van der Waals surface area contributed by atoms with Crippen LogP contribution in [0, 0.1) is 0 Å². The first kappa shape index (κ1) is 15.0. The summed E-state index contributed by atoms with van der Waals surface area (Å²) in [6.07, 6.45) is 2.37. The lowest BCUT2D eigenvalue weighted by Gasteiger charge is -2.16. The SMILES string of the molecule is CN(CC(=O)NCC1CCCO1)Cc1csc(Br)c1. The molecule has 0 saturated carbocycles. The van der Waals surface area contributed by atoms with Crippen LogP contribution in [0.25, 0.3) is 0 Å². The molecule has 6 heteroatoms. The maximum Gasteiger partial charge on any atom is 0.234 e. The van der Waals surface area contributed by atoms with E-state index in [1.165, 1.54) is 5.56 Å². The molecule has 1 aliphatic rings. The van der Waals surface area contributed by atoms with Crippen molar-refractivity contribution >= 4 is 33.2 Å². The number of ether oxygens (including phenoxy) is 1. The van der Waals surface area contributed by atoms with Crippen molar-refractivity contribution < 1.29 is 9.53 Å². The minimum atomic E-state index is 0.0623. The van der Waals surface area contributed by atoms with Gasteiger partial charge in [-0.2, -0.15) is 0 Å². The standard InChI is InChI=1S/C13H19BrN2O2S/c1-16(7-10-5-12(14)19-9-10)8-13(17)15-6-11-3-2-4-18-11/h5,9,11H,2-4,6-8H2,1H3,(H,15,17). The zero-order valence-electron chi connectivity index (χ0n) is 11.0.